The summed E-state index contributed by atoms with van der Waals surface area (Å²) in [7, 11) is 0. The Labute approximate surface area is 187 Å². The van der Waals surface area contributed by atoms with Crippen LogP contribution in [-0.2, 0) is 10.7 Å². The topological polar surface area (TPSA) is 29.1 Å². The molecule has 0 aliphatic heterocycles. The molecule has 0 unspecified atom stereocenters. The lowest BCUT2D eigenvalue weighted by atomic mass is 9.87. The molecule has 0 fully saturated rings. The fraction of sp³-hybridized carbons (Fsp3) is 0.471. The van der Waals surface area contributed by atoms with Gasteiger partial charge in [0.25, 0.3) is 0 Å². The monoisotopic (exact) mass is 565 g/mol. The van der Waals surface area contributed by atoms with Crippen molar-refractivity contribution in [3.05, 3.63) is 42.5 Å². The van der Waals surface area contributed by atoms with Gasteiger partial charge in [0, 0.05) is 11.3 Å². The molecule has 1 amide bonds. The smallest absolute Gasteiger partial charge is 0.323 e. The zero-order valence-electron chi connectivity index (χ0n) is 16.4. The van der Waals surface area contributed by atoms with Gasteiger partial charge in [-0.2, -0.15) is 74.6 Å². The third-order valence-corrected chi connectivity index (χ3v) is 4.42. The van der Waals surface area contributed by atoms with Gasteiger partial charge >= 0.3 is 47.6 Å². The molecule has 0 saturated heterocycles. The van der Waals surface area contributed by atoms with Crippen molar-refractivity contribution in [1.29, 1.82) is 0 Å². The number of hydrogen-bond donors (Lipinski definition) is 1. The van der Waals surface area contributed by atoms with Gasteiger partial charge in [0.1, 0.15) is 0 Å². The number of carbonyl (C=O) groups excluding carboxylic acids is 1. The first-order valence-electron chi connectivity index (χ1n) is 8.44. The van der Waals surface area contributed by atoms with E-state index in [-0.39, 0.29) is 24.3 Å². The van der Waals surface area contributed by atoms with E-state index in [2.05, 4.69) is 6.58 Å². The van der Waals surface area contributed by atoms with Gasteiger partial charge in [-0.25, -0.2) is 0 Å². The third kappa shape index (κ3) is 4.22. The number of nitrogens with one attached hydrogen (secondary N) is 1. The summed E-state index contributed by atoms with van der Waals surface area (Å²) in [5.74, 6) is -58.0. The lowest BCUT2D eigenvalue weighted by molar-refractivity contribution is -0.462. The summed E-state index contributed by atoms with van der Waals surface area (Å²) >= 11 is 0. The van der Waals surface area contributed by atoms with E-state index in [1.165, 1.54) is 0 Å². The van der Waals surface area contributed by atoms with Crippen molar-refractivity contribution in [1.82, 2.24) is 0 Å². The Morgan fingerprint density at radius 3 is 1.25 bits per heavy atom. The number of anilines is 1. The quantitative estimate of drug-likeness (QED) is 0.248. The van der Waals surface area contributed by atoms with E-state index in [0.717, 1.165) is 0 Å². The van der Waals surface area contributed by atoms with Crippen molar-refractivity contribution < 1.29 is 79.4 Å². The molecule has 1 aromatic rings. The zero-order chi connectivity index (χ0) is 29.0. The van der Waals surface area contributed by atoms with Crippen LogP contribution in [0.25, 0.3) is 0 Å². The molecule has 0 saturated carbocycles. The normalized spacial score (nSPS) is 15.0. The van der Waals surface area contributed by atoms with Gasteiger partial charge in [-0.05, 0) is 18.2 Å². The molecule has 0 bridgehead atoms. The van der Waals surface area contributed by atoms with Crippen molar-refractivity contribution in [3.63, 3.8) is 0 Å². The van der Waals surface area contributed by atoms with Crippen LogP contribution >= 0.6 is 0 Å². The maximum atomic E-state index is 14.1. The van der Waals surface area contributed by atoms with Crippen LogP contribution in [-0.4, -0.2) is 47.6 Å². The van der Waals surface area contributed by atoms with Gasteiger partial charge in [-0.3, -0.25) is 4.79 Å². The Kier molecular flexibility index (Phi) is 7.53. The van der Waals surface area contributed by atoms with Gasteiger partial charge in [0.05, 0.1) is 0 Å². The van der Waals surface area contributed by atoms with Gasteiger partial charge in [-0.1, -0.05) is 18.7 Å². The second-order valence-electron chi connectivity index (χ2n) is 6.79. The van der Waals surface area contributed by atoms with E-state index in [0.29, 0.717) is 6.08 Å². The summed E-state index contributed by atoms with van der Waals surface area (Å²) < 4.78 is 226. The fourth-order valence-electron chi connectivity index (χ4n) is 2.30. The van der Waals surface area contributed by atoms with Crippen molar-refractivity contribution >= 4 is 11.6 Å². The third-order valence-electron chi connectivity index (χ3n) is 4.42. The van der Waals surface area contributed by atoms with E-state index in [9.17, 15) is 79.4 Å². The Morgan fingerprint density at radius 2 is 0.917 bits per heavy atom. The molecule has 19 heteroatoms. The molecule has 36 heavy (non-hydrogen) atoms. The van der Waals surface area contributed by atoms with Crippen LogP contribution in [0, 0.1) is 0 Å². The minimum Gasteiger partial charge on any atom is -0.323 e. The Hall–Kier alpha value is -2.76. The van der Waals surface area contributed by atoms with Gasteiger partial charge in [0.15, 0.2) is 0 Å². The number of alkyl halides is 17. The molecule has 2 nitrogen and oxygen atoms in total. The molecule has 1 N–H and O–H groups in total. The lowest BCUT2D eigenvalue weighted by Crippen LogP contribution is -2.74. The van der Waals surface area contributed by atoms with Crippen molar-refractivity contribution in [3.8, 4) is 0 Å². The SMILES string of the molecule is C=CC(=O)Nc1ccc(C(F)(F)C(F)(F)C(F)(F)C(F)(F)C(F)(F)C(F)(F)C(F)(F)C(F)(F)F)cc1. The van der Waals surface area contributed by atoms with Gasteiger partial charge in [0.2, 0.25) is 5.91 Å². The molecule has 206 valence electrons. The summed E-state index contributed by atoms with van der Waals surface area (Å²) in [5.41, 5.74) is -2.91. The van der Waals surface area contributed by atoms with Crippen LogP contribution in [0.1, 0.15) is 5.56 Å². The number of hydrogen-bond acceptors (Lipinski definition) is 1. The molecular formula is C17H8F17NO. The highest BCUT2D eigenvalue weighted by Crippen LogP contribution is 2.65. The first-order chi connectivity index (χ1) is 15.7. The van der Waals surface area contributed by atoms with E-state index < -0.39 is 64.8 Å². The summed E-state index contributed by atoms with van der Waals surface area (Å²) in [4.78, 5) is 11.0. The average Bonchev–Trinajstić information content (AvgIpc) is 2.72. The van der Waals surface area contributed by atoms with Gasteiger partial charge < -0.3 is 5.32 Å². The highest BCUT2D eigenvalue weighted by molar-refractivity contribution is 5.98. The first-order valence-corrected chi connectivity index (χ1v) is 8.44. The van der Waals surface area contributed by atoms with Crippen LogP contribution in [0.3, 0.4) is 0 Å². The highest BCUT2D eigenvalue weighted by atomic mass is 19.4. The molecule has 1 rings (SSSR count). The number of halogens is 17. The molecular weight excluding hydrogens is 557 g/mol. The molecule has 1 aromatic carbocycles. The average molecular weight is 565 g/mol. The van der Waals surface area contributed by atoms with Crippen LogP contribution in [0.4, 0.5) is 80.3 Å². The minimum absolute atomic E-state index is 0.245. The Morgan fingerprint density at radius 1 is 0.583 bits per heavy atom. The lowest BCUT2D eigenvalue weighted by Gasteiger charge is -2.42. The largest absolute Gasteiger partial charge is 0.460 e. The maximum absolute atomic E-state index is 14.1. The summed E-state index contributed by atoms with van der Waals surface area (Å²) in [6, 6.07) is 0.0457. The summed E-state index contributed by atoms with van der Waals surface area (Å²) in [5, 5.41) is 1.82. The van der Waals surface area contributed by atoms with Crippen LogP contribution in [0.2, 0.25) is 0 Å². The summed E-state index contributed by atoms with van der Waals surface area (Å²) in [6.07, 6.45) is -7.21. The van der Waals surface area contributed by atoms with Crippen molar-refractivity contribution in [2.24, 2.45) is 0 Å². The summed E-state index contributed by atoms with van der Waals surface area (Å²) in [6.45, 7) is 2.95. The molecule has 0 aliphatic rings. The second-order valence-corrected chi connectivity index (χ2v) is 6.79. The highest BCUT2D eigenvalue weighted by Gasteiger charge is 2.95. The Bertz CT molecular complexity index is 978. The number of amides is 1. The van der Waals surface area contributed by atoms with E-state index in [4.69, 9.17) is 0 Å². The number of benzene rings is 1. The molecule has 0 heterocycles. The first kappa shape index (κ1) is 31.3. The zero-order valence-corrected chi connectivity index (χ0v) is 16.4. The van der Waals surface area contributed by atoms with Crippen LogP contribution in [0.5, 0.6) is 0 Å². The van der Waals surface area contributed by atoms with E-state index >= 15 is 0 Å². The molecule has 0 aromatic heterocycles. The Balaban J connectivity index is 3.62. The molecule has 0 aliphatic carbocycles. The van der Waals surface area contributed by atoms with E-state index in [1.807, 2.05) is 5.32 Å². The molecule has 0 spiro atoms. The van der Waals surface area contributed by atoms with Crippen LogP contribution < -0.4 is 5.32 Å². The fourth-order valence-corrected chi connectivity index (χ4v) is 2.30. The standard InChI is InChI=1S/C17H8F17NO/c1-2-9(36)35-8-5-3-7(4-6-8)10(18,19)11(20,21)12(22,23)13(24,25)14(26,27)15(28,29)16(30,31)17(32,33)34/h2-6H,1H2,(H,35,36). The number of rotatable bonds is 9. The predicted octanol–water partition coefficient (Wildman–Crippen LogP) is 7.28. The van der Waals surface area contributed by atoms with Crippen molar-refractivity contribution in [2.45, 2.75) is 47.6 Å². The van der Waals surface area contributed by atoms with Gasteiger partial charge in [-0.15, -0.1) is 0 Å². The van der Waals surface area contributed by atoms with E-state index in [1.54, 1.807) is 0 Å². The predicted molar refractivity (Wildman–Crippen MR) is 84.9 cm³/mol. The minimum atomic E-state index is -8.68. The van der Waals surface area contributed by atoms with Crippen LogP contribution in [0.15, 0.2) is 36.9 Å². The molecule has 0 radical (unpaired) electrons. The second kappa shape index (κ2) is 8.67. The van der Waals surface area contributed by atoms with Crippen molar-refractivity contribution in [2.75, 3.05) is 5.32 Å². The molecule has 0 atom stereocenters. The maximum Gasteiger partial charge on any atom is 0.460 e. The number of carbonyl (C=O) groups is 1.